The Morgan fingerprint density at radius 1 is 1.15 bits per heavy atom. The predicted molar refractivity (Wildman–Crippen MR) is 101 cm³/mol. The molecule has 0 bridgehead atoms. The van der Waals surface area contributed by atoms with Crippen molar-refractivity contribution in [2.45, 2.75) is 25.8 Å². The molecule has 0 atom stereocenters. The van der Waals surface area contributed by atoms with E-state index in [0.29, 0.717) is 19.6 Å². The number of piperazine rings is 1. The van der Waals surface area contributed by atoms with E-state index in [1.165, 1.54) is 11.8 Å². The van der Waals surface area contributed by atoms with Gasteiger partial charge in [-0.3, -0.25) is 9.69 Å². The highest BCUT2D eigenvalue weighted by molar-refractivity contribution is 5.97. The van der Waals surface area contributed by atoms with Gasteiger partial charge in [0.15, 0.2) is 0 Å². The highest BCUT2D eigenvalue weighted by Crippen LogP contribution is 2.10. The molecule has 6 heteroatoms. The lowest BCUT2D eigenvalue weighted by Crippen LogP contribution is -2.48. The molecule has 0 saturated carbocycles. The second-order valence-corrected chi connectivity index (χ2v) is 6.46. The van der Waals surface area contributed by atoms with Crippen LogP contribution in [0.3, 0.4) is 0 Å². The van der Waals surface area contributed by atoms with Crippen molar-refractivity contribution in [1.29, 1.82) is 5.26 Å². The van der Waals surface area contributed by atoms with Gasteiger partial charge in [-0.15, -0.1) is 0 Å². The van der Waals surface area contributed by atoms with E-state index in [1.807, 2.05) is 24.3 Å². The third-order valence-corrected chi connectivity index (χ3v) is 4.48. The standard InChI is InChI=1S/C20H28N4O2/c21-15-19(16-22-9-5-2-6-14-25)20(26)24-12-10-23(11-13-24)17-18-7-3-1-4-8-18/h1,3-4,7-8,16,22,25H,2,5-6,9-14,17H2/b19-16-. The van der Waals surface area contributed by atoms with Crippen LogP contribution in [0.5, 0.6) is 0 Å². The molecule has 2 N–H and O–H groups in total. The summed E-state index contributed by atoms with van der Waals surface area (Å²) in [6.45, 7) is 4.70. The van der Waals surface area contributed by atoms with Gasteiger partial charge < -0.3 is 15.3 Å². The average molecular weight is 356 g/mol. The van der Waals surface area contributed by atoms with Gasteiger partial charge in [-0.2, -0.15) is 5.26 Å². The lowest BCUT2D eigenvalue weighted by molar-refractivity contribution is -0.128. The molecule has 1 aliphatic heterocycles. The third kappa shape index (κ3) is 6.51. The largest absolute Gasteiger partial charge is 0.396 e. The van der Waals surface area contributed by atoms with Gasteiger partial charge in [0.2, 0.25) is 0 Å². The first-order valence-corrected chi connectivity index (χ1v) is 9.24. The lowest BCUT2D eigenvalue weighted by Gasteiger charge is -2.34. The molecule has 0 radical (unpaired) electrons. The number of nitriles is 1. The molecule has 0 spiro atoms. The van der Waals surface area contributed by atoms with Crippen LogP contribution in [-0.2, 0) is 11.3 Å². The number of carbonyl (C=O) groups excluding carboxylic acids is 1. The first-order chi connectivity index (χ1) is 12.7. The van der Waals surface area contributed by atoms with E-state index in [-0.39, 0.29) is 18.1 Å². The molecular formula is C20H28N4O2. The fraction of sp³-hybridized carbons (Fsp3) is 0.500. The van der Waals surface area contributed by atoms with E-state index < -0.39 is 0 Å². The van der Waals surface area contributed by atoms with Crippen LogP contribution in [0.25, 0.3) is 0 Å². The van der Waals surface area contributed by atoms with Gasteiger partial charge >= 0.3 is 0 Å². The molecule has 0 aliphatic carbocycles. The zero-order chi connectivity index (χ0) is 18.6. The minimum atomic E-state index is -0.199. The van der Waals surface area contributed by atoms with Crippen LogP contribution in [0.2, 0.25) is 0 Å². The molecule has 1 saturated heterocycles. The zero-order valence-corrected chi connectivity index (χ0v) is 15.2. The highest BCUT2D eigenvalue weighted by Gasteiger charge is 2.23. The van der Waals surface area contributed by atoms with Crippen LogP contribution in [0.15, 0.2) is 42.1 Å². The smallest absolute Gasteiger partial charge is 0.266 e. The molecule has 0 unspecified atom stereocenters. The zero-order valence-electron chi connectivity index (χ0n) is 15.2. The van der Waals surface area contributed by atoms with E-state index >= 15 is 0 Å². The minimum absolute atomic E-state index is 0.156. The molecule has 26 heavy (non-hydrogen) atoms. The number of unbranched alkanes of at least 4 members (excludes halogenated alkanes) is 2. The van der Waals surface area contributed by atoms with E-state index in [9.17, 15) is 10.1 Å². The van der Waals surface area contributed by atoms with Crippen molar-refractivity contribution in [3.05, 3.63) is 47.7 Å². The summed E-state index contributed by atoms with van der Waals surface area (Å²) in [6.07, 6.45) is 4.14. The number of carbonyl (C=O) groups is 1. The van der Waals surface area contributed by atoms with Crippen molar-refractivity contribution >= 4 is 5.91 Å². The van der Waals surface area contributed by atoms with Crippen LogP contribution < -0.4 is 5.32 Å². The Morgan fingerprint density at radius 2 is 1.88 bits per heavy atom. The third-order valence-electron chi connectivity index (χ3n) is 4.48. The molecule has 2 rings (SSSR count). The second-order valence-electron chi connectivity index (χ2n) is 6.46. The van der Waals surface area contributed by atoms with Crippen molar-refractivity contribution in [3.8, 4) is 6.07 Å². The minimum Gasteiger partial charge on any atom is -0.396 e. The number of benzene rings is 1. The van der Waals surface area contributed by atoms with E-state index in [0.717, 1.165) is 38.9 Å². The Hall–Kier alpha value is -2.36. The molecule has 1 aromatic rings. The molecular weight excluding hydrogens is 328 g/mol. The molecule has 1 amide bonds. The Balaban J connectivity index is 1.76. The normalized spacial score (nSPS) is 15.5. The molecule has 140 valence electrons. The first-order valence-electron chi connectivity index (χ1n) is 9.24. The lowest BCUT2D eigenvalue weighted by atomic mass is 10.2. The van der Waals surface area contributed by atoms with Gasteiger partial charge in [-0.25, -0.2) is 0 Å². The molecule has 1 heterocycles. The number of rotatable bonds is 9. The summed E-state index contributed by atoms with van der Waals surface area (Å²) in [7, 11) is 0. The van der Waals surface area contributed by atoms with Crippen LogP contribution in [0.1, 0.15) is 24.8 Å². The summed E-state index contributed by atoms with van der Waals surface area (Å²) in [6, 6.07) is 12.3. The summed E-state index contributed by atoms with van der Waals surface area (Å²) in [5, 5.41) is 21.0. The number of nitrogens with one attached hydrogen (secondary N) is 1. The summed E-state index contributed by atoms with van der Waals surface area (Å²) < 4.78 is 0. The maximum Gasteiger partial charge on any atom is 0.266 e. The number of nitrogens with zero attached hydrogens (tertiary/aromatic N) is 3. The number of hydrogen-bond acceptors (Lipinski definition) is 5. The monoisotopic (exact) mass is 356 g/mol. The molecule has 1 aromatic carbocycles. The van der Waals surface area contributed by atoms with Crippen molar-refractivity contribution in [1.82, 2.24) is 15.1 Å². The van der Waals surface area contributed by atoms with Gasteiger partial charge in [0, 0.05) is 52.1 Å². The first kappa shape index (κ1) is 20.0. The highest BCUT2D eigenvalue weighted by atomic mass is 16.2. The number of aliphatic hydroxyl groups is 1. The van der Waals surface area contributed by atoms with Gasteiger partial charge in [0.1, 0.15) is 11.6 Å². The van der Waals surface area contributed by atoms with Crippen molar-refractivity contribution < 1.29 is 9.90 Å². The molecule has 6 nitrogen and oxygen atoms in total. The molecule has 0 aromatic heterocycles. The summed E-state index contributed by atoms with van der Waals surface area (Å²) in [5.74, 6) is -0.199. The summed E-state index contributed by atoms with van der Waals surface area (Å²) in [4.78, 5) is 16.6. The number of aliphatic hydroxyl groups excluding tert-OH is 1. The van der Waals surface area contributed by atoms with E-state index in [1.54, 1.807) is 4.90 Å². The van der Waals surface area contributed by atoms with E-state index in [2.05, 4.69) is 22.3 Å². The van der Waals surface area contributed by atoms with Gasteiger partial charge in [-0.05, 0) is 24.8 Å². The average Bonchev–Trinajstić information content (AvgIpc) is 2.68. The number of hydrogen-bond donors (Lipinski definition) is 2. The van der Waals surface area contributed by atoms with Crippen molar-refractivity contribution in [3.63, 3.8) is 0 Å². The Morgan fingerprint density at radius 3 is 2.54 bits per heavy atom. The topological polar surface area (TPSA) is 79.6 Å². The molecule has 1 aliphatic rings. The predicted octanol–water partition coefficient (Wildman–Crippen LogP) is 1.49. The quantitative estimate of drug-likeness (QED) is 0.398. The maximum atomic E-state index is 12.5. The van der Waals surface area contributed by atoms with Gasteiger partial charge in [0.25, 0.3) is 5.91 Å². The number of amides is 1. The Bertz CT molecular complexity index is 616. The molecule has 1 fully saturated rings. The SMILES string of the molecule is N#C/C(=C/NCCCCCO)C(=O)N1CCN(Cc2ccccc2)CC1. The van der Waals surface area contributed by atoms with Crippen molar-refractivity contribution in [2.24, 2.45) is 0 Å². The van der Waals surface area contributed by atoms with Crippen LogP contribution in [0.4, 0.5) is 0 Å². The fourth-order valence-electron chi connectivity index (χ4n) is 2.95. The van der Waals surface area contributed by atoms with Crippen LogP contribution in [0, 0.1) is 11.3 Å². The summed E-state index contributed by atoms with van der Waals surface area (Å²) in [5.41, 5.74) is 1.43. The second kappa shape index (κ2) is 11.3. The fourth-order valence-corrected chi connectivity index (χ4v) is 2.95. The Kier molecular flexibility index (Phi) is 8.67. The van der Waals surface area contributed by atoms with Crippen LogP contribution >= 0.6 is 0 Å². The van der Waals surface area contributed by atoms with Crippen molar-refractivity contribution in [2.75, 3.05) is 39.3 Å². The summed E-state index contributed by atoms with van der Waals surface area (Å²) >= 11 is 0. The maximum absolute atomic E-state index is 12.5. The van der Waals surface area contributed by atoms with Gasteiger partial charge in [0.05, 0.1) is 0 Å². The Labute approximate surface area is 155 Å². The van der Waals surface area contributed by atoms with Gasteiger partial charge in [-0.1, -0.05) is 30.3 Å². The van der Waals surface area contributed by atoms with Crippen LogP contribution in [-0.4, -0.2) is 60.1 Å². The van der Waals surface area contributed by atoms with E-state index in [4.69, 9.17) is 5.11 Å².